The third-order valence-corrected chi connectivity index (χ3v) is 1.63. The Kier molecular flexibility index (Phi) is 3.90. The highest BCUT2D eigenvalue weighted by molar-refractivity contribution is 9.09. The molecule has 0 atom stereocenters. The maximum Gasteiger partial charge on any atom is 0.0649 e. The Morgan fingerprint density at radius 1 is 1.46 bits per heavy atom. The van der Waals surface area contributed by atoms with Crippen LogP contribution in [0.4, 0.5) is 5.69 Å². The standard InChI is InChI=1S/C9H6BrN3/c10-7-3-5-8-4-1-2-6-9(8)12-13-11/h1-2,4,6H,7H2. The Hall–Kier alpha value is -1.43. The van der Waals surface area contributed by atoms with E-state index < -0.39 is 0 Å². The summed E-state index contributed by atoms with van der Waals surface area (Å²) in [4.78, 5) is 2.72. The smallest absolute Gasteiger partial charge is 0.0649 e. The monoisotopic (exact) mass is 235 g/mol. The second kappa shape index (κ2) is 5.26. The third kappa shape index (κ3) is 2.83. The lowest BCUT2D eigenvalue weighted by Crippen LogP contribution is -1.74. The van der Waals surface area contributed by atoms with Gasteiger partial charge in [0.2, 0.25) is 0 Å². The van der Waals surface area contributed by atoms with Crippen molar-refractivity contribution >= 4 is 21.6 Å². The summed E-state index contributed by atoms with van der Waals surface area (Å²) in [7, 11) is 0. The normalized spacial score (nSPS) is 8.08. The molecular formula is C9H6BrN3. The minimum atomic E-state index is 0.568. The average Bonchev–Trinajstić information content (AvgIpc) is 2.17. The van der Waals surface area contributed by atoms with E-state index in [0.717, 1.165) is 5.56 Å². The number of azide groups is 1. The summed E-state index contributed by atoms with van der Waals surface area (Å²) < 4.78 is 0. The maximum atomic E-state index is 8.27. The minimum Gasteiger partial charge on any atom is -0.0863 e. The predicted molar refractivity (Wildman–Crippen MR) is 55.9 cm³/mol. The number of hydrogen-bond acceptors (Lipinski definition) is 1. The van der Waals surface area contributed by atoms with Crippen molar-refractivity contribution in [1.82, 2.24) is 0 Å². The molecule has 64 valence electrons. The Labute approximate surface area is 84.5 Å². The second-order valence-corrected chi connectivity index (χ2v) is 2.70. The summed E-state index contributed by atoms with van der Waals surface area (Å²) in [6.45, 7) is 0. The molecule has 1 rings (SSSR count). The van der Waals surface area contributed by atoms with Crippen molar-refractivity contribution in [2.24, 2.45) is 5.11 Å². The van der Waals surface area contributed by atoms with Crippen LogP contribution in [-0.4, -0.2) is 5.33 Å². The summed E-state index contributed by atoms with van der Waals surface area (Å²) in [5.74, 6) is 5.73. The van der Waals surface area contributed by atoms with Crippen LogP contribution in [0.2, 0.25) is 0 Å². The largest absolute Gasteiger partial charge is 0.0863 e. The topological polar surface area (TPSA) is 48.8 Å². The van der Waals surface area contributed by atoms with Gasteiger partial charge in [-0.05, 0) is 11.6 Å². The van der Waals surface area contributed by atoms with Crippen LogP contribution in [0, 0.1) is 11.8 Å². The van der Waals surface area contributed by atoms with E-state index in [0.29, 0.717) is 11.0 Å². The van der Waals surface area contributed by atoms with Crippen LogP contribution in [-0.2, 0) is 0 Å². The fourth-order valence-corrected chi connectivity index (χ4v) is 0.984. The zero-order valence-corrected chi connectivity index (χ0v) is 8.32. The molecule has 3 nitrogen and oxygen atoms in total. The van der Waals surface area contributed by atoms with Gasteiger partial charge in [0.1, 0.15) is 0 Å². The van der Waals surface area contributed by atoms with Gasteiger partial charge in [-0.2, -0.15) is 0 Å². The molecule has 0 aliphatic rings. The van der Waals surface area contributed by atoms with Crippen LogP contribution in [0.5, 0.6) is 0 Å². The van der Waals surface area contributed by atoms with Crippen LogP contribution < -0.4 is 0 Å². The molecule has 0 N–H and O–H groups in total. The molecule has 0 saturated carbocycles. The summed E-state index contributed by atoms with van der Waals surface area (Å²) in [6, 6.07) is 7.22. The summed E-state index contributed by atoms with van der Waals surface area (Å²) in [5.41, 5.74) is 9.59. The lowest BCUT2D eigenvalue weighted by atomic mass is 10.2. The van der Waals surface area contributed by atoms with Crippen molar-refractivity contribution in [2.45, 2.75) is 0 Å². The molecule has 0 aliphatic carbocycles. The van der Waals surface area contributed by atoms with Gasteiger partial charge < -0.3 is 0 Å². The summed E-state index contributed by atoms with van der Waals surface area (Å²) >= 11 is 3.19. The highest BCUT2D eigenvalue weighted by atomic mass is 79.9. The van der Waals surface area contributed by atoms with E-state index in [1.54, 1.807) is 6.07 Å². The SMILES string of the molecule is [N-]=[N+]=Nc1ccccc1C#CCBr. The first-order chi connectivity index (χ1) is 6.38. The van der Waals surface area contributed by atoms with Crippen LogP contribution in [0.15, 0.2) is 29.4 Å². The molecule has 0 spiro atoms. The fraction of sp³-hybridized carbons (Fsp3) is 0.111. The first-order valence-electron chi connectivity index (χ1n) is 3.57. The van der Waals surface area contributed by atoms with Crippen molar-refractivity contribution in [3.63, 3.8) is 0 Å². The Morgan fingerprint density at radius 3 is 2.92 bits per heavy atom. The molecule has 0 amide bonds. The molecule has 0 aliphatic heterocycles. The van der Waals surface area contributed by atoms with Crippen LogP contribution in [0.25, 0.3) is 10.4 Å². The molecule has 1 aromatic carbocycles. The first kappa shape index (κ1) is 9.66. The zero-order valence-electron chi connectivity index (χ0n) is 6.74. The van der Waals surface area contributed by atoms with E-state index >= 15 is 0 Å². The average molecular weight is 236 g/mol. The van der Waals surface area contributed by atoms with Gasteiger partial charge in [0.05, 0.1) is 11.0 Å². The van der Waals surface area contributed by atoms with E-state index in [4.69, 9.17) is 5.53 Å². The molecule has 13 heavy (non-hydrogen) atoms. The number of benzene rings is 1. The van der Waals surface area contributed by atoms with Gasteiger partial charge in [-0.3, -0.25) is 0 Å². The molecule has 0 saturated heterocycles. The van der Waals surface area contributed by atoms with Crippen molar-refractivity contribution in [3.8, 4) is 11.8 Å². The molecule has 4 heteroatoms. The molecule has 0 fully saturated rings. The minimum absolute atomic E-state index is 0.568. The van der Waals surface area contributed by atoms with Gasteiger partial charge in [-0.1, -0.05) is 51.1 Å². The molecule has 0 aromatic heterocycles. The number of alkyl halides is 1. The maximum absolute atomic E-state index is 8.27. The summed E-state index contributed by atoms with van der Waals surface area (Å²) in [5, 5.41) is 4.13. The first-order valence-corrected chi connectivity index (χ1v) is 4.69. The van der Waals surface area contributed by atoms with E-state index in [1.165, 1.54) is 0 Å². The molecule has 0 bridgehead atoms. The van der Waals surface area contributed by atoms with Crippen LogP contribution >= 0.6 is 15.9 Å². The Balaban J connectivity index is 3.11. The number of hydrogen-bond donors (Lipinski definition) is 0. The van der Waals surface area contributed by atoms with Gasteiger partial charge in [0.25, 0.3) is 0 Å². The fourth-order valence-electron chi connectivity index (χ4n) is 0.843. The van der Waals surface area contributed by atoms with Crippen molar-refractivity contribution in [3.05, 3.63) is 40.3 Å². The van der Waals surface area contributed by atoms with E-state index in [2.05, 4.69) is 37.8 Å². The van der Waals surface area contributed by atoms with Gasteiger partial charge in [-0.25, -0.2) is 0 Å². The van der Waals surface area contributed by atoms with E-state index in [-0.39, 0.29) is 0 Å². The third-order valence-electron chi connectivity index (χ3n) is 1.35. The molecule has 0 radical (unpaired) electrons. The van der Waals surface area contributed by atoms with Crippen LogP contribution in [0.1, 0.15) is 5.56 Å². The van der Waals surface area contributed by atoms with Gasteiger partial charge in [-0.15, -0.1) is 0 Å². The van der Waals surface area contributed by atoms with Crippen molar-refractivity contribution < 1.29 is 0 Å². The Morgan fingerprint density at radius 2 is 2.23 bits per heavy atom. The lowest BCUT2D eigenvalue weighted by Gasteiger charge is -1.93. The highest BCUT2D eigenvalue weighted by Gasteiger charge is 1.93. The van der Waals surface area contributed by atoms with Crippen molar-refractivity contribution in [1.29, 1.82) is 0 Å². The Bertz CT molecular complexity index is 397. The van der Waals surface area contributed by atoms with Gasteiger partial charge in [0, 0.05) is 10.5 Å². The van der Waals surface area contributed by atoms with Gasteiger partial charge >= 0.3 is 0 Å². The molecule has 0 heterocycles. The zero-order chi connectivity index (χ0) is 9.52. The number of rotatable bonds is 1. The summed E-state index contributed by atoms with van der Waals surface area (Å²) in [6.07, 6.45) is 0. The quantitative estimate of drug-likeness (QED) is 0.236. The molecule has 1 aromatic rings. The van der Waals surface area contributed by atoms with Crippen LogP contribution in [0.3, 0.4) is 0 Å². The molecular weight excluding hydrogens is 230 g/mol. The second-order valence-electron chi connectivity index (χ2n) is 2.14. The number of nitrogens with zero attached hydrogens (tertiary/aromatic N) is 3. The van der Waals surface area contributed by atoms with E-state index in [9.17, 15) is 0 Å². The molecule has 0 unspecified atom stereocenters. The van der Waals surface area contributed by atoms with E-state index in [1.807, 2.05) is 18.2 Å². The van der Waals surface area contributed by atoms with Crippen molar-refractivity contribution in [2.75, 3.05) is 5.33 Å². The lowest BCUT2D eigenvalue weighted by molar-refractivity contribution is 1.45. The predicted octanol–water partition coefficient (Wildman–Crippen LogP) is 3.37. The van der Waals surface area contributed by atoms with Gasteiger partial charge in [0.15, 0.2) is 0 Å². The number of halogens is 1. The highest BCUT2D eigenvalue weighted by Crippen LogP contribution is 2.17.